The van der Waals surface area contributed by atoms with Crippen molar-refractivity contribution in [2.24, 2.45) is 5.41 Å². The van der Waals surface area contributed by atoms with Crippen LogP contribution in [0.5, 0.6) is 17.2 Å². The Bertz CT molecular complexity index is 706. The summed E-state index contributed by atoms with van der Waals surface area (Å²) in [5.74, 6) is 2.26. The lowest BCUT2D eigenvalue weighted by molar-refractivity contribution is -0.157. The van der Waals surface area contributed by atoms with E-state index in [0.717, 1.165) is 55.0 Å². The average molecular weight is 361 g/mol. The number of esters is 1. The molecule has 1 aromatic carbocycles. The quantitative estimate of drug-likeness (QED) is 0.726. The van der Waals surface area contributed by atoms with E-state index in [1.54, 1.807) is 7.11 Å². The van der Waals surface area contributed by atoms with Gasteiger partial charge >= 0.3 is 5.97 Å². The highest BCUT2D eigenvalue weighted by Crippen LogP contribution is 2.53. The van der Waals surface area contributed by atoms with Gasteiger partial charge < -0.3 is 18.9 Å². The minimum atomic E-state index is -0.373. The number of carbonyl (C=O) groups is 1. The normalized spacial score (nSPS) is 29.2. The van der Waals surface area contributed by atoms with Gasteiger partial charge in [0.15, 0.2) is 11.5 Å². The maximum atomic E-state index is 12.8. The molecule has 142 valence electrons. The summed E-state index contributed by atoms with van der Waals surface area (Å²) in [5.41, 5.74) is 0.701. The molecule has 0 aliphatic carbocycles. The number of hydrogen-bond acceptors (Lipinski definition) is 6. The summed E-state index contributed by atoms with van der Waals surface area (Å²) in [5, 5.41) is 0. The molecule has 0 aromatic heterocycles. The number of methoxy groups -OCH3 is 1. The first kappa shape index (κ1) is 17.5. The molecule has 3 aliphatic heterocycles. The lowest BCUT2D eigenvalue weighted by Crippen LogP contribution is -2.44. The maximum absolute atomic E-state index is 12.8. The molecule has 1 aromatic rings. The molecule has 6 heteroatoms. The van der Waals surface area contributed by atoms with Gasteiger partial charge in [-0.2, -0.15) is 0 Å². The van der Waals surface area contributed by atoms with E-state index in [4.69, 9.17) is 18.9 Å². The summed E-state index contributed by atoms with van der Waals surface area (Å²) < 4.78 is 22.0. The average Bonchev–Trinajstić information content (AvgIpc) is 3.34. The van der Waals surface area contributed by atoms with Crippen LogP contribution in [0.1, 0.15) is 45.1 Å². The van der Waals surface area contributed by atoms with Crippen LogP contribution in [0.3, 0.4) is 0 Å². The molecule has 3 atom stereocenters. The van der Waals surface area contributed by atoms with Gasteiger partial charge in [0.2, 0.25) is 6.79 Å². The number of nitrogens with zero attached hydrogens (tertiary/aromatic N) is 1. The molecule has 0 amide bonds. The van der Waals surface area contributed by atoms with E-state index < -0.39 is 0 Å². The number of ether oxygens (including phenoxy) is 4. The zero-order valence-corrected chi connectivity index (χ0v) is 15.7. The molecule has 2 saturated heterocycles. The molecule has 3 aliphatic rings. The van der Waals surface area contributed by atoms with Crippen LogP contribution in [-0.4, -0.2) is 43.5 Å². The van der Waals surface area contributed by atoms with Crippen molar-refractivity contribution in [3.05, 3.63) is 17.7 Å². The van der Waals surface area contributed by atoms with Crippen LogP contribution in [0.2, 0.25) is 0 Å². The minimum absolute atomic E-state index is 0.0302. The van der Waals surface area contributed by atoms with Gasteiger partial charge in [0.05, 0.1) is 19.1 Å². The fourth-order valence-corrected chi connectivity index (χ4v) is 5.04. The zero-order valence-electron chi connectivity index (χ0n) is 15.7. The van der Waals surface area contributed by atoms with Crippen LogP contribution >= 0.6 is 0 Å². The van der Waals surface area contributed by atoms with Gasteiger partial charge in [0, 0.05) is 30.3 Å². The van der Waals surface area contributed by atoms with Crippen molar-refractivity contribution in [3.8, 4) is 17.2 Å². The Labute approximate surface area is 154 Å². The highest BCUT2D eigenvalue weighted by Gasteiger charge is 2.59. The van der Waals surface area contributed by atoms with E-state index in [1.807, 2.05) is 19.1 Å². The van der Waals surface area contributed by atoms with Gasteiger partial charge in [-0.15, -0.1) is 0 Å². The molecule has 2 bridgehead atoms. The summed E-state index contributed by atoms with van der Waals surface area (Å²) >= 11 is 0. The lowest BCUT2D eigenvalue weighted by Gasteiger charge is -2.34. The SMILES string of the molecule is CCOC(=O)[C@]1(CC)C[C@@H]2CC[C@H]1N2Cc1cc2c(cc1OC)OCO2. The molecule has 3 heterocycles. The van der Waals surface area contributed by atoms with Crippen LogP contribution in [0, 0.1) is 5.41 Å². The van der Waals surface area contributed by atoms with Crippen LogP contribution in [0.25, 0.3) is 0 Å². The second-order valence-corrected chi connectivity index (χ2v) is 7.37. The van der Waals surface area contributed by atoms with Crippen molar-refractivity contribution in [1.29, 1.82) is 0 Å². The van der Waals surface area contributed by atoms with Gasteiger partial charge in [0.1, 0.15) is 5.75 Å². The number of fused-ring (bicyclic) bond motifs is 3. The van der Waals surface area contributed by atoms with Crippen molar-refractivity contribution in [2.45, 2.75) is 58.2 Å². The Morgan fingerprint density at radius 3 is 2.73 bits per heavy atom. The van der Waals surface area contributed by atoms with Crippen LogP contribution in [0.4, 0.5) is 0 Å². The van der Waals surface area contributed by atoms with Gasteiger partial charge in [-0.05, 0) is 38.7 Å². The molecule has 6 nitrogen and oxygen atoms in total. The first-order chi connectivity index (χ1) is 12.6. The molecule has 0 N–H and O–H groups in total. The highest BCUT2D eigenvalue weighted by molar-refractivity contribution is 5.78. The Morgan fingerprint density at radius 2 is 2.04 bits per heavy atom. The second-order valence-electron chi connectivity index (χ2n) is 7.37. The summed E-state index contributed by atoms with van der Waals surface area (Å²) in [6.45, 7) is 5.42. The van der Waals surface area contributed by atoms with Crippen molar-refractivity contribution in [3.63, 3.8) is 0 Å². The van der Waals surface area contributed by atoms with Gasteiger partial charge in [-0.1, -0.05) is 6.92 Å². The Morgan fingerprint density at radius 1 is 1.27 bits per heavy atom. The van der Waals surface area contributed by atoms with E-state index >= 15 is 0 Å². The third-order valence-corrected chi connectivity index (χ3v) is 6.32. The standard InChI is InChI=1S/C20H27NO5/c1-4-20(19(22)24-5-2)10-14-6-7-18(20)21(14)11-13-8-16-17(26-12-25-16)9-15(13)23-3/h8-9,14,18H,4-7,10-12H2,1-3H3/t14-,18+,20+/m0/s1. The molecule has 26 heavy (non-hydrogen) atoms. The summed E-state index contributed by atoms with van der Waals surface area (Å²) in [7, 11) is 1.68. The largest absolute Gasteiger partial charge is 0.496 e. The van der Waals surface area contributed by atoms with Crippen molar-refractivity contribution >= 4 is 5.97 Å². The van der Waals surface area contributed by atoms with E-state index in [9.17, 15) is 4.79 Å². The molecule has 0 saturated carbocycles. The Hall–Kier alpha value is -1.95. The van der Waals surface area contributed by atoms with Gasteiger partial charge in [-0.25, -0.2) is 0 Å². The molecule has 0 spiro atoms. The first-order valence-electron chi connectivity index (χ1n) is 9.52. The van der Waals surface area contributed by atoms with Crippen molar-refractivity contribution < 1.29 is 23.7 Å². The first-order valence-corrected chi connectivity index (χ1v) is 9.52. The van der Waals surface area contributed by atoms with Crippen LogP contribution in [0.15, 0.2) is 12.1 Å². The molecular formula is C20H27NO5. The third-order valence-electron chi connectivity index (χ3n) is 6.32. The Kier molecular flexibility index (Phi) is 4.47. The number of benzene rings is 1. The van der Waals surface area contributed by atoms with Gasteiger partial charge in [-0.3, -0.25) is 9.69 Å². The molecule has 0 unspecified atom stereocenters. The number of hydrogen-bond donors (Lipinski definition) is 0. The zero-order chi connectivity index (χ0) is 18.3. The predicted octanol–water partition coefficient (Wildman–Crippen LogP) is 3.12. The molecule has 4 rings (SSSR count). The monoisotopic (exact) mass is 361 g/mol. The smallest absolute Gasteiger partial charge is 0.313 e. The van der Waals surface area contributed by atoms with Gasteiger partial charge in [0.25, 0.3) is 0 Å². The molecule has 2 fully saturated rings. The third kappa shape index (κ3) is 2.54. The van der Waals surface area contributed by atoms with Crippen molar-refractivity contribution in [2.75, 3.05) is 20.5 Å². The molecular weight excluding hydrogens is 334 g/mol. The molecule has 0 radical (unpaired) electrons. The predicted molar refractivity (Wildman–Crippen MR) is 95.4 cm³/mol. The lowest BCUT2D eigenvalue weighted by atomic mass is 9.72. The topological polar surface area (TPSA) is 57.2 Å². The van der Waals surface area contributed by atoms with E-state index in [-0.39, 0.29) is 24.2 Å². The maximum Gasteiger partial charge on any atom is 0.313 e. The minimum Gasteiger partial charge on any atom is -0.496 e. The summed E-state index contributed by atoms with van der Waals surface area (Å²) in [4.78, 5) is 15.2. The van der Waals surface area contributed by atoms with Crippen LogP contribution in [-0.2, 0) is 16.1 Å². The van der Waals surface area contributed by atoms with Crippen LogP contribution < -0.4 is 14.2 Å². The number of rotatable bonds is 6. The van der Waals surface area contributed by atoms with E-state index in [0.29, 0.717) is 12.6 Å². The second kappa shape index (κ2) is 6.65. The van der Waals surface area contributed by atoms with E-state index in [1.165, 1.54) is 0 Å². The Balaban J connectivity index is 1.61. The summed E-state index contributed by atoms with van der Waals surface area (Å²) in [6.07, 6.45) is 3.89. The van der Waals surface area contributed by atoms with Crippen molar-refractivity contribution in [1.82, 2.24) is 4.90 Å². The van der Waals surface area contributed by atoms with E-state index in [2.05, 4.69) is 11.8 Å². The summed E-state index contributed by atoms with van der Waals surface area (Å²) in [6, 6.07) is 4.55. The highest BCUT2D eigenvalue weighted by atomic mass is 16.7. The fraction of sp³-hybridized carbons (Fsp3) is 0.650. The number of carbonyl (C=O) groups excluding carboxylic acids is 1. The fourth-order valence-electron chi connectivity index (χ4n) is 5.04.